The molecule has 0 spiro atoms. The largest absolute Gasteiger partial charge is 0.312 e. The summed E-state index contributed by atoms with van der Waals surface area (Å²) in [6.07, 6.45) is 6.90. The highest BCUT2D eigenvalue weighted by atomic mass is 79.9. The van der Waals surface area contributed by atoms with Gasteiger partial charge in [-0.3, -0.25) is 0 Å². The monoisotopic (exact) mass is 315 g/mol. The Kier molecular flexibility index (Phi) is 4.32. The van der Waals surface area contributed by atoms with Gasteiger partial charge in [-0.2, -0.15) is 0 Å². The van der Waals surface area contributed by atoms with E-state index in [1.807, 2.05) is 11.3 Å². The fourth-order valence-corrected chi connectivity index (χ4v) is 4.95. The Morgan fingerprint density at radius 1 is 1.35 bits per heavy atom. The average Bonchev–Trinajstić information content (AvgIpc) is 2.60. The first-order chi connectivity index (χ1) is 8.07. The molecule has 3 heteroatoms. The number of halogens is 1. The Balaban J connectivity index is 2.25. The van der Waals surface area contributed by atoms with Crippen molar-refractivity contribution < 1.29 is 0 Å². The molecule has 1 saturated carbocycles. The third-order valence-corrected chi connectivity index (χ3v) is 6.34. The van der Waals surface area contributed by atoms with Crippen LogP contribution in [0.3, 0.4) is 0 Å². The first kappa shape index (κ1) is 13.6. The van der Waals surface area contributed by atoms with Crippen LogP contribution < -0.4 is 5.32 Å². The SMILES string of the molecule is CNC(c1cc(Br)c(C)s1)C1(C)CCCCC1. The van der Waals surface area contributed by atoms with Crippen molar-refractivity contribution in [2.24, 2.45) is 5.41 Å². The van der Waals surface area contributed by atoms with Crippen LogP contribution in [0.5, 0.6) is 0 Å². The van der Waals surface area contributed by atoms with Crippen molar-refractivity contribution >= 4 is 27.3 Å². The summed E-state index contributed by atoms with van der Waals surface area (Å²) in [7, 11) is 2.10. The number of hydrogen-bond donors (Lipinski definition) is 1. The molecule has 1 heterocycles. The van der Waals surface area contributed by atoms with Crippen LogP contribution in [0.25, 0.3) is 0 Å². The summed E-state index contributed by atoms with van der Waals surface area (Å²) in [5, 5.41) is 3.56. The maximum Gasteiger partial charge on any atom is 0.0467 e. The van der Waals surface area contributed by atoms with Crippen molar-refractivity contribution in [1.82, 2.24) is 5.32 Å². The summed E-state index contributed by atoms with van der Waals surface area (Å²) in [5.74, 6) is 0. The average molecular weight is 316 g/mol. The van der Waals surface area contributed by atoms with Crippen LogP contribution in [0.2, 0.25) is 0 Å². The van der Waals surface area contributed by atoms with Crippen LogP contribution in [-0.4, -0.2) is 7.05 Å². The molecule has 0 amide bonds. The van der Waals surface area contributed by atoms with E-state index in [0.717, 1.165) is 0 Å². The minimum atomic E-state index is 0.434. The molecule has 96 valence electrons. The van der Waals surface area contributed by atoms with E-state index >= 15 is 0 Å². The van der Waals surface area contributed by atoms with E-state index in [1.54, 1.807) is 0 Å². The van der Waals surface area contributed by atoms with Crippen LogP contribution in [-0.2, 0) is 0 Å². The minimum Gasteiger partial charge on any atom is -0.312 e. The zero-order chi connectivity index (χ0) is 12.5. The minimum absolute atomic E-state index is 0.434. The molecule has 1 nitrogen and oxygen atoms in total. The molecule has 0 saturated heterocycles. The summed E-state index contributed by atoms with van der Waals surface area (Å²) in [5.41, 5.74) is 0.434. The molecule has 1 aromatic heterocycles. The summed E-state index contributed by atoms with van der Waals surface area (Å²) in [6, 6.07) is 2.82. The first-order valence-corrected chi connectivity index (χ1v) is 8.11. The normalized spacial score (nSPS) is 21.4. The van der Waals surface area contributed by atoms with Crippen molar-refractivity contribution in [3.05, 3.63) is 20.3 Å². The summed E-state index contributed by atoms with van der Waals surface area (Å²) >= 11 is 5.57. The molecule has 1 unspecified atom stereocenters. The number of thiophene rings is 1. The van der Waals surface area contributed by atoms with E-state index in [9.17, 15) is 0 Å². The quantitative estimate of drug-likeness (QED) is 0.823. The molecule has 0 radical (unpaired) electrons. The molecular formula is C14H22BrNS. The lowest BCUT2D eigenvalue weighted by atomic mass is 9.70. The number of rotatable bonds is 3. The van der Waals surface area contributed by atoms with Crippen LogP contribution >= 0.6 is 27.3 Å². The molecule has 2 rings (SSSR count). The zero-order valence-corrected chi connectivity index (χ0v) is 13.4. The van der Waals surface area contributed by atoms with Crippen molar-refractivity contribution in [2.75, 3.05) is 7.05 Å². The van der Waals surface area contributed by atoms with Gasteiger partial charge < -0.3 is 5.32 Å². The number of hydrogen-bond acceptors (Lipinski definition) is 2. The molecular weight excluding hydrogens is 294 g/mol. The predicted octanol–water partition coefficient (Wildman–Crippen LogP) is 5.05. The second-order valence-corrected chi connectivity index (χ2v) is 7.63. The van der Waals surface area contributed by atoms with Gasteiger partial charge in [-0.25, -0.2) is 0 Å². The van der Waals surface area contributed by atoms with Crippen LogP contribution in [0.15, 0.2) is 10.5 Å². The van der Waals surface area contributed by atoms with Crippen molar-refractivity contribution in [1.29, 1.82) is 0 Å². The Morgan fingerprint density at radius 2 is 2.00 bits per heavy atom. The van der Waals surface area contributed by atoms with Crippen molar-refractivity contribution in [3.8, 4) is 0 Å². The Bertz CT molecular complexity index is 360. The van der Waals surface area contributed by atoms with E-state index in [4.69, 9.17) is 0 Å². The van der Waals surface area contributed by atoms with E-state index in [-0.39, 0.29) is 0 Å². The molecule has 1 atom stereocenters. The molecule has 0 bridgehead atoms. The first-order valence-electron chi connectivity index (χ1n) is 6.50. The second-order valence-electron chi connectivity index (χ2n) is 5.49. The number of nitrogens with one attached hydrogen (secondary N) is 1. The van der Waals surface area contributed by atoms with Gasteiger partial charge in [-0.05, 0) is 54.2 Å². The lowest BCUT2D eigenvalue weighted by Gasteiger charge is -2.40. The third-order valence-electron chi connectivity index (χ3n) is 4.14. The highest BCUT2D eigenvalue weighted by Gasteiger charge is 2.36. The Hall–Kier alpha value is 0.140. The maximum absolute atomic E-state index is 3.64. The molecule has 1 aliphatic carbocycles. The molecule has 1 aromatic rings. The lowest BCUT2D eigenvalue weighted by Crippen LogP contribution is -2.35. The van der Waals surface area contributed by atoms with Crippen molar-refractivity contribution in [3.63, 3.8) is 0 Å². The van der Waals surface area contributed by atoms with Gasteiger partial charge in [0.25, 0.3) is 0 Å². The van der Waals surface area contributed by atoms with Crippen molar-refractivity contribution in [2.45, 2.75) is 52.0 Å². The van der Waals surface area contributed by atoms with E-state index in [1.165, 1.54) is 46.3 Å². The van der Waals surface area contributed by atoms with Gasteiger partial charge in [0.15, 0.2) is 0 Å². The van der Waals surface area contributed by atoms with Gasteiger partial charge in [0.05, 0.1) is 0 Å². The molecule has 1 N–H and O–H groups in total. The van der Waals surface area contributed by atoms with Crippen LogP contribution in [0, 0.1) is 12.3 Å². The van der Waals surface area contributed by atoms with Gasteiger partial charge in [-0.1, -0.05) is 26.2 Å². The van der Waals surface area contributed by atoms with Gasteiger partial charge in [-0.15, -0.1) is 11.3 Å². The summed E-state index contributed by atoms with van der Waals surface area (Å²) < 4.78 is 1.26. The number of aryl methyl sites for hydroxylation is 1. The van der Waals surface area contributed by atoms with Gasteiger partial charge >= 0.3 is 0 Å². The smallest absolute Gasteiger partial charge is 0.0467 e. The Morgan fingerprint density at radius 3 is 2.47 bits per heavy atom. The van der Waals surface area contributed by atoms with Crippen LogP contribution in [0.4, 0.5) is 0 Å². The highest BCUT2D eigenvalue weighted by Crippen LogP contribution is 2.47. The molecule has 0 aromatic carbocycles. The van der Waals surface area contributed by atoms with E-state index in [0.29, 0.717) is 11.5 Å². The van der Waals surface area contributed by atoms with E-state index in [2.05, 4.69) is 48.2 Å². The third kappa shape index (κ3) is 2.77. The maximum atomic E-state index is 3.64. The second kappa shape index (κ2) is 5.41. The summed E-state index contributed by atoms with van der Waals surface area (Å²) in [4.78, 5) is 2.88. The Labute approximate surface area is 117 Å². The summed E-state index contributed by atoms with van der Waals surface area (Å²) in [6.45, 7) is 4.64. The predicted molar refractivity (Wildman–Crippen MR) is 79.7 cm³/mol. The molecule has 1 fully saturated rings. The van der Waals surface area contributed by atoms with Gasteiger partial charge in [0.1, 0.15) is 0 Å². The fraction of sp³-hybridized carbons (Fsp3) is 0.714. The molecule has 0 aliphatic heterocycles. The van der Waals surface area contributed by atoms with Gasteiger partial charge in [0.2, 0.25) is 0 Å². The van der Waals surface area contributed by atoms with Crippen LogP contribution in [0.1, 0.15) is 54.8 Å². The fourth-order valence-electron chi connectivity index (χ4n) is 3.11. The molecule has 17 heavy (non-hydrogen) atoms. The molecule has 1 aliphatic rings. The van der Waals surface area contributed by atoms with Gasteiger partial charge in [0, 0.05) is 20.3 Å². The highest BCUT2D eigenvalue weighted by molar-refractivity contribution is 9.10. The zero-order valence-electron chi connectivity index (χ0n) is 11.0. The topological polar surface area (TPSA) is 12.0 Å². The van der Waals surface area contributed by atoms with E-state index < -0.39 is 0 Å². The lowest BCUT2D eigenvalue weighted by molar-refractivity contribution is 0.152. The standard InChI is InChI=1S/C14H22BrNS/c1-10-11(15)9-12(17-10)13(16-3)14(2)7-5-4-6-8-14/h9,13,16H,4-8H2,1-3H3.